The van der Waals surface area contributed by atoms with Crippen LogP contribution in [0.5, 0.6) is 0 Å². The summed E-state index contributed by atoms with van der Waals surface area (Å²) in [6.07, 6.45) is -0.496. The summed E-state index contributed by atoms with van der Waals surface area (Å²) in [6, 6.07) is 5.46. The molecule has 40 heavy (non-hydrogen) atoms. The summed E-state index contributed by atoms with van der Waals surface area (Å²) in [5, 5.41) is 5.08. The highest BCUT2D eigenvalue weighted by Gasteiger charge is 2.38. The molecule has 0 spiro atoms. The molecule has 0 saturated carbocycles. The molecular weight excluding hydrogens is 522 g/mol. The van der Waals surface area contributed by atoms with E-state index in [1.54, 1.807) is 51.1 Å². The van der Waals surface area contributed by atoms with Gasteiger partial charge in [-0.05, 0) is 52.0 Å². The molecule has 1 heterocycles. The molecule has 1 saturated heterocycles. The number of hydrogen-bond donors (Lipinski definition) is 4. The van der Waals surface area contributed by atoms with Gasteiger partial charge in [0.15, 0.2) is 0 Å². The number of primary amides is 2. The van der Waals surface area contributed by atoms with Crippen molar-refractivity contribution in [2.75, 3.05) is 6.54 Å². The number of amides is 5. The van der Waals surface area contributed by atoms with Crippen molar-refractivity contribution in [1.82, 2.24) is 15.5 Å². The van der Waals surface area contributed by atoms with Crippen molar-refractivity contribution in [3.05, 3.63) is 35.9 Å². The van der Waals surface area contributed by atoms with Crippen LogP contribution in [0.25, 0.3) is 0 Å². The molecule has 13 heteroatoms. The number of nitrogens with zero attached hydrogens (tertiary/aromatic N) is 1. The summed E-state index contributed by atoms with van der Waals surface area (Å²) >= 11 is 0. The Morgan fingerprint density at radius 3 is 2.12 bits per heavy atom. The highest BCUT2D eigenvalue weighted by molar-refractivity contribution is 5.93. The summed E-state index contributed by atoms with van der Waals surface area (Å²) < 4.78 is 10.7. The van der Waals surface area contributed by atoms with E-state index in [1.807, 2.05) is 0 Å². The maximum absolute atomic E-state index is 13.2. The second-order valence-corrected chi connectivity index (χ2v) is 10.6. The Balaban J connectivity index is 2.14. The molecule has 5 amide bonds. The van der Waals surface area contributed by atoms with Gasteiger partial charge in [-0.15, -0.1) is 0 Å². The Bertz CT molecular complexity index is 1070. The van der Waals surface area contributed by atoms with Crippen LogP contribution in [0.3, 0.4) is 0 Å². The van der Waals surface area contributed by atoms with Crippen molar-refractivity contribution < 1.29 is 38.2 Å². The number of carbonyl (C=O) groups excluding carboxylic acids is 6. The third-order valence-electron chi connectivity index (χ3n) is 6.00. The first-order valence-electron chi connectivity index (χ1n) is 13.1. The molecule has 220 valence electrons. The molecule has 13 nitrogen and oxygen atoms in total. The smallest absolute Gasteiger partial charge is 0.410 e. The molecule has 2 rings (SSSR count). The van der Waals surface area contributed by atoms with Gasteiger partial charge in [0.05, 0.1) is 0 Å². The summed E-state index contributed by atoms with van der Waals surface area (Å²) in [4.78, 5) is 75.9. The lowest BCUT2D eigenvalue weighted by Crippen LogP contribution is -2.56. The van der Waals surface area contributed by atoms with E-state index in [-0.39, 0.29) is 32.3 Å². The van der Waals surface area contributed by atoms with E-state index in [9.17, 15) is 28.8 Å². The predicted octanol–water partition coefficient (Wildman–Crippen LogP) is 0.630. The van der Waals surface area contributed by atoms with Crippen LogP contribution in [0.15, 0.2) is 30.3 Å². The lowest BCUT2D eigenvalue weighted by Gasteiger charge is -2.29. The summed E-state index contributed by atoms with van der Waals surface area (Å²) in [5.74, 6) is -3.59. The van der Waals surface area contributed by atoms with E-state index in [0.717, 1.165) is 0 Å². The van der Waals surface area contributed by atoms with Crippen molar-refractivity contribution >= 4 is 35.7 Å². The van der Waals surface area contributed by atoms with Gasteiger partial charge in [-0.25, -0.2) is 9.59 Å². The molecule has 1 aliphatic heterocycles. The largest absolute Gasteiger partial charge is 0.459 e. The van der Waals surface area contributed by atoms with Crippen LogP contribution in [0.4, 0.5) is 4.79 Å². The van der Waals surface area contributed by atoms with Gasteiger partial charge in [0.1, 0.15) is 30.3 Å². The van der Waals surface area contributed by atoms with Crippen LogP contribution in [-0.2, 0) is 40.1 Å². The minimum absolute atomic E-state index is 0.0629. The normalized spacial score (nSPS) is 16.4. The lowest BCUT2D eigenvalue weighted by atomic mass is 10.1. The van der Waals surface area contributed by atoms with E-state index in [0.29, 0.717) is 24.9 Å². The molecule has 0 radical (unpaired) electrons. The topological polar surface area (TPSA) is 200 Å². The number of rotatable bonds is 13. The fraction of sp³-hybridized carbons (Fsp3) is 0.556. The maximum Gasteiger partial charge on any atom is 0.410 e. The Morgan fingerprint density at radius 1 is 0.950 bits per heavy atom. The predicted molar refractivity (Wildman–Crippen MR) is 143 cm³/mol. The molecule has 0 unspecified atom stereocenters. The van der Waals surface area contributed by atoms with E-state index in [2.05, 4.69) is 10.6 Å². The average molecular weight is 562 g/mol. The second-order valence-electron chi connectivity index (χ2n) is 10.6. The first kappa shape index (κ1) is 32.1. The summed E-state index contributed by atoms with van der Waals surface area (Å²) in [6.45, 7) is 5.36. The number of ether oxygens (including phenoxy) is 2. The molecule has 0 bridgehead atoms. The Hall–Kier alpha value is -4.16. The van der Waals surface area contributed by atoms with Gasteiger partial charge in [0.2, 0.25) is 23.6 Å². The highest BCUT2D eigenvalue weighted by Crippen LogP contribution is 2.21. The van der Waals surface area contributed by atoms with Gasteiger partial charge in [-0.2, -0.15) is 0 Å². The average Bonchev–Trinajstić information content (AvgIpc) is 3.37. The number of likely N-dealkylation sites (tertiary alicyclic amines) is 1. The van der Waals surface area contributed by atoms with Crippen LogP contribution in [0, 0.1) is 0 Å². The number of nitrogens with two attached hydrogens (primary N) is 2. The van der Waals surface area contributed by atoms with Gasteiger partial charge in [0, 0.05) is 19.4 Å². The molecule has 3 atom stereocenters. The second kappa shape index (κ2) is 14.8. The van der Waals surface area contributed by atoms with Crippen molar-refractivity contribution in [3.63, 3.8) is 0 Å². The fourth-order valence-electron chi connectivity index (χ4n) is 4.04. The van der Waals surface area contributed by atoms with Crippen LogP contribution < -0.4 is 22.1 Å². The third kappa shape index (κ3) is 10.9. The van der Waals surface area contributed by atoms with Gasteiger partial charge >= 0.3 is 12.1 Å². The standard InChI is InChI=1S/C27H39N5O8/c1-27(2,3)40-26(38)32-15-7-10-20(32)24(36)30-18(11-13-21(28)33)23(35)31-19(12-14-22(29)34)25(37)39-16-17-8-5-4-6-9-17/h4-6,8-9,18-20H,7,10-16H2,1-3H3,(H2,28,33)(H2,29,34)(H,30,36)(H,31,35)/t18-,19-,20+/m0/s1. The number of carbonyl (C=O) groups is 6. The first-order chi connectivity index (χ1) is 18.8. The highest BCUT2D eigenvalue weighted by atomic mass is 16.6. The van der Waals surface area contributed by atoms with E-state index >= 15 is 0 Å². The maximum atomic E-state index is 13.2. The zero-order valence-corrected chi connectivity index (χ0v) is 23.1. The first-order valence-corrected chi connectivity index (χ1v) is 13.1. The summed E-state index contributed by atoms with van der Waals surface area (Å²) in [7, 11) is 0. The molecule has 1 fully saturated rings. The van der Waals surface area contributed by atoms with E-state index in [1.165, 1.54) is 4.90 Å². The van der Waals surface area contributed by atoms with Gasteiger partial charge < -0.3 is 31.6 Å². The Morgan fingerprint density at radius 2 is 1.55 bits per heavy atom. The molecule has 0 aliphatic carbocycles. The van der Waals surface area contributed by atoms with Crippen LogP contribution in [-0.4, -0.2) is 70.9 Å². The zero-order valence-electron chi connectivity index (χ0n) is 23.1. The number of benzene rings is 1. The molecule has 1 aliphatic rings. The van der Waals surface area contributed by atoms with Crippen molar-refractivity contribution in [3.8, 4) is 0 Å². The van der Waals surface area contributed by atoms with Gasteiger partial charge in [0.25, 0.3) is 0 Å². The van der Waals surface area contributed by atoms with Gasteiger partial charge in [-0.3, -0.25) is 24.1 Å². The van der Waals surface area contributed by atoms with Crippen LogP contribution in [0.1, 0.15) is 64.9 Å². The monoisotopic (exact) mass is 561 g/mol. The van der Waals surface area contributed by atoms with E-state index < -0.39 is 59.4 Å². The van der Waals surface area contributed by atoms with Crippen molar-refractivity contribution in [2.24, 2.45) is 11.5 Å². The number of esters is 1. The third-order valence-corrected chi connectivity index (χ3v) is 6.00. The van der Waals surface area contributed by atoms with Crippen molar-refractivity contribution in [1.29, 1.82) is 0 Å². The Kier molecular flexibility index (Phi) is 11.9. The van der Waals surface area contributed by atoms with Crippen LogP contribution in [0.2, 0.25) is 0 Å². The molecule has 6 N–H and O–H groups in total. The SMILES string of the molecule is CC(C)(C)OC(=O)N1CCC[C@@H]1C(=O)N[C@@H](CCC(N)=O)C(=O)N[C@@H](CCC(N)=O)C(=O)OCc1ccccc1. The molecule has 0 aromatic heterocycles. The quantitative estimate of drug-likeness (QED) is 0.251. The summed E-state index contributed by atoms with van der Waals surface area (Å²) in [5.41, 5.74) is 10.4. The van der Waals surface area contributed by atoms with Crippen molar-refractivity contribution in [2.45, 2.75) is 89.6 Å². The van der Waals surface area contributed by atoms with Gasteiger partial charge in [-0.1, -0.05) is 30.3 Å². The minimum Gasteiger partial charge on any atom is -0.459 e. The molecular formula is C27H39N5O8. The Labute approximate surface area is 233 Å². The lowest BCUT2D eigenvalue weighted by molar-refractivity contribution is -0.149. The van der Waals surface area contributed by atoms with Crippen LogP contribution >= 0.6 is 0 Å². The fourth-order valence-corrected chi connectivity index (χ4v) is 4.04. The molecule has 1 aromatic rings. The number of nitrogens with one attached hydrogen (secondary N) is 2. The minimum atomic E-state index is -1.26. The zero-order chi connectivity index (χ0) is 29.9. The molecule has 1 aromatic carbocycles. The van der Waals surface area contributed by atoms with E-state index in [4.69, 9.17) is 20.9 Å². The number of hydrogen-bond acceptors (Lipinski definition) is 8.